The van der Waals surface area contributed by atoms with Gasteiger partial charge < -0.3 is 23.7 Å². The number of hydrogen-bond acceptors (Lipinski definition) is 5. The Morgan fingerprint density at radius 2 is 1.54 bits per heavy atom. The Labute approximate surface area is 153 Å². The van der Waals surface area contributed by atoms with Crippen LogP contribution in [-0.2, 0) is 0 Å². The van der Waals surface area contributed by atoms with Crippen molar-refractivity contribution >= 4 is 12.2 Å². The molecule has 0 N–H and O–H groups in total. The van der Waals surface area contributed by atoms with Gasteiger partial charge in [-0.25, -0.2) is 0 Å². The fourth-order valence-electron chi connectivity index (χ4n) is 2.86. The van der Waals surface area contributed by atoms with E-state index < -0.39 is 0 Å². The summed E-state index contributed by atoms with van der Waals surface area (Å²) in [6.45, 7) is 0.480. The summed E-state index contributed by atoms with van der Waals surface area (Å²) in [5.74, 6) is 3.34. The second-order valence-corrected chi connectivity index (χ2v) is 5.68. The van der Waals surface area contributed by atoms with Gasteiger partial charge in [0.1, 0.15) is 6.61 Å². The van der Waals surface area contributed by atoms with E-state index in [1.165, 1.54) is 0 Å². The molecule has 1 heterocycles. The number of methoxy groups -OCH3 is 4. The highest BCUT2D eigenvalue weighted by Crippen LogP contribution is 2.39. The van der Waals surface area contributed by atoms with Gasteiger partial charge in [-0.15, -0.1) is 0 Å². The first-order valence-corrected chi connectivity index (χ1v) is 8.18. The zero-order valence-corrected chi connectivity index (χ0v) is 15.4. The van der Waals surface area contributed by atoms with E-state index in [-0.39, 0.29) is 0 Å². The molecule has 0 atom stereocenters. The number of hydrogen-bond donors (Lipinski definition) is 0. The lowest BCUT2D eigenvalue weighted by Crippen LogP contribution is -2.07. The predicted octanol–water partition coefficient (Wildman–Crippen LogP) is 4.21. The molecule has 1 aliphatic rings. The van der Waals surface area contributed by atoms with E-state index in [1.807, 2.05) is 42.5 Å². The summed E-state index contributed by atoms with van der Waals surface area (Å²) in [4.78, 5) is 0. The first-order chi connectivity index (χ1) is 12.7. The highest BCUT2D eigenvalue weighted by atomic mass is 16.5. The molecule has 5 nitrogen and oxygen atoms in total. The van der Waals surface area contributed by atoms with Crippen LogP contribution in [0.25, 0.3) is 12.2 Å². The largest absolute Gasteiger partial charge is 0.493 e. The second-order valence-electron chi connectivity index (χ2n) is 5.68. The average molecular weight is 354 g/mol. The summed E-state index contributed by atoms with van der Waals surface area (Å²) in [5, 5.41) is 0. The maximum absolute atomic E-state index is 5.86. The van der Waals surface area contributed by atoms with Crippen molar-refractivity contribution in [2.24, 2.45) is 0 Å². The fourth-order valence-corrected chi connectivity index (χ4v) is 2.86. The molecule has 0 spiro atoms. The Hall–Kier alpha value is -3.08. The molecule has 0 amide bonds. The van der Waals surface area contributed by atoms with Crippen LogP contribution >= 0.6 is 0 Å². The van der Waals surface area contributed by atoms with Crippen LogP contribution in [0.3, 0.4) is 0 Å². The van der Waals surface area contributed by atoms with E-state index in [0.717, 1.165) is 28.2 Å². The third-order valence-electron chi connectivity index (χ3n) is 4.13. The lowest BCUT2D eigenvalue weighted by atomic mass is 10.1. The average Bonchev–Trinajstić information content (AvgIpc) is 2.70. The zero-order valence-electron chi connectivity index (χ0n) is 15.4. The number of fused-ring (bicyclic) bond motifs is 1. The van der Waals surface area contributed by atoms with E-state index in [9.17, 15) is 0 Å². The van der Waals surface area contributed by atoms with Crippen molar-refractivity contribution in [2.45, 2.75) is 0 Å². The van der Waals surface area contributed by atoms with Crippen LogP contribution in [0.15, 0.2) is 42.0 Å². The van der Waals surface area contributed by atoms with Crippen molar-refractivity contribution in [3.63, 3.8) is 0 Å². The standard InChI is InChI=1S/C21H22O5/c1-22-17-7-5-6-16-10-15(13-26-20(16)17)9-8-14-11-18(23-2)21(25-4)19(12-14)24-3/h5-12H,13H2,1-4H3/b9-8+. The third kappa shape index (κ3) is 3.47. The maximum atomic E-state index is 5.86. The van der Waals surface area contributed by atoms with E-state index in [2.05, 4.69) is 6.08 Å². The van der Waals surface area contributed by atoms with E-state index in [4.69, 9.17) is 23.7 Å². The molecule has 0 radical (unpaired) electrons. The number of rotatable bonds is 6. The normalized spacial score (nSPS) is 12.8. The number of benzene rings is 2. The molecule has 0 bridgehead atoms. The third-order valence-corrected chi connectivity index (χ3v) is 4.13. The molecule has 5 heteroatoms. The Bertz CT molecular complexity index is 826. The van der Waals surface area contributed by atoms with Crippen LogP contribution in [0.1, 0.15) is 11.1 Å². The summed E-state index contributed by atoms with van der Waals surface area (Å²) in [5.41, 5.74) is 3.00. The first-order valence-electron chi connectivity index (χ1n) is 8.18. The highest BCUT2D eigenvalue weighted by molar-refractivity contribution is 5.71. The molecular formula is C21H22O5. The van der Waals surface area contributed by atoms with Gasteiger partial charge in [0.05, 0.1) is 28.4 Å². The summed E-state index contributed by atoms with van der Waals surface area (Å²) < 4.78 is 27.3. The van der Waals surface area contributed by atoms with E-state index in [1.54, 1.807) is 28.4 Å². The molecule has 2 aromatic carbocycles. The highest BCUT2D eigenvalue weighted by Gasteiger charge is 2.15. The van der Waals surface area contributed by atoms with Crippen molar-refractivity contribution in [1.29, 1.82) is 0 Å². The van der Waals surface area contributed by atoms with Crippen molar-refractivity contribution in [1.82, 2.24) is 0 Å². The summed E-state index contributed by atoms with van der Waals surface area (Å²) in [7, 11) is 6.44. The Morgan fingerprint density at radius 1 is 0.846 bits per heavy atom. The molecule has 0 saturated carbocycles. The van der Waals surface area contributed by atoms with Gasteiger partial charge in [-0.1, -0.05) is 24.3 Å². The van der Waals surface area contributed by atoms with Crippen molar-refractivity contribution in [3.05, 3.63) is 53.1 Å². The fraction of sp³-hybridized carbons (Fsp3) is 0.238. The summed E-state index contributed by atoms with van der Waals surface area (Å²) >= 11 is 0. The first kappa shape index (κ1) is 17.7. The molecule has 3 rings (SSSR count). The molecule has 2 aromatic rings. The van der Waals surface area contributed by atoms with Crippen LogP contribution < -0.4 is 23.7 Å². The monoisotopic (exact) mass is 354 g/mol. The van der Waals surface area contributed by atoms with Gasteiger partial charge in [0.15, 0.2) is 23.0 Å². The molecule has 1 aliphatic heterocycles. The Kier molecular flexibility index (Phi) is 5.37. The van der Waals surface area contributed by atoms with Crippen molar-refractivity contribution < 1.29 is 23.7 Å². The predicted molar refractivity (Wildman–Crippen MR) is 102 cm³/mol. The SMILES string of the molecule is COc1cccc2c1OCC(/C=C/c1cc(OC)c(OC)c(OC)c1)=C2. The van der Waals surface area contributed by atoms with Crippen LogP contribution in [0.5, 0.6) is 28.7 Å². The minimum absolute atomic E-state index is 0.480. The molecule has 0 aromatic heterocycles. The molecule has 136 valence electrons. The van der Waals surface area contributed by atoms with Crippen LogP contribution in [0.2, 0.25) is 0 Å². The summed E-state index contributed by atoms with van der Waals surface area (Å²) in [6, 6.07) is 9.65. The Morgan fingerprint density at radius 3 is 2.15 bits per heavy atom. The molecule has 0 fully saturated rings. The zero-order chi connectivity index (χ0) is 18.5. The van der Waals surface area contributed by atoms with E-state index >= 15 is 0 Å². The van der Waals surface area contributed by atoms with Gasteiger partial charge >= 0.3 is 0 Å². The van der Waals surface area contributed by atoms with Gasteiger partial charge in [-0.3, -0.25) is 0 Å². The molecule has 0 unspecified atom stereocenters. The second kappa shape index (κ2) is 7.87. The topological polar surface area (TPSA) is 46.2 Å². The smallest absolute Gasteiger partial charge is 0.203 e. The van der Waals surface area contributed by atoms with Crippen LogP contribution in [0.4, 0.5) is 0 Å². The lowest BCUT2D eigenvalue weighted by molar-refractivity contribution is 0.318. The minimum atomic E-state index is 0.480. The van der Waals surface area contributed by atoms with Gasteiger partial charge in [-0.05, 0) is 35.4 Å². The van der Waals surface area contributed by atoms with Gasteiger partial charge in [0.2, 0.25) is 5.75 Å². The minimum Gasteiger partial charge on any atom is -0.493 e. The van der Waals surface area contributed by atoms with Gasteiger partial charge in [0, 0.05) is 5.56 Å². The number of para-hydroxylation sites is 1. The van der Waals surface area contributed by atoms with E-state index in [0.29, 0.717) is 23.9 Å². The number of ether oxygens (including phenoxy) is 5. The molecular weight excluding hydrogens is 332 g/mol. The van der Waals surface area contributed by atoms with Crippen molar-refractivity contribution in [2.75, 3.05) is 35.0 Å². The van der Waals surface area contributed by atoms with Crippen LogP contribution in [-0.4, -0.2) is 35.0 Å². The lowest BCUT2D eigenvalue weighted by Gasteiger charge is -2.18. The maximum Gasteiger partial charge on any atom is 0.203 e. The molecule has 0 saturated heterocycles. The molecule has 26 heavy (non-hydrogen) atoms. The van der Waals surface area contributed by atoms with Gasteiger partial charge in [-0.2, -0.15) is 0 Å². The van der Waals surface area contributed by atoms with Gasteiger partial charge in [0.25, 0.3) is 0 Å². The molecule has 0 aliphatic carbocycles. The van der Waals surface area contributed by atoms with Crippen molar-refractivity contribution in [3.8, 4) is 28.7 Å². The Balaban J connectivity index is 1.89. The summed E-state index contributed by atoms with van der Waals surface area (Å²) in [6.07, 6.45) is 6.10. The quantitative estimate of drug-likeness (QED) is 0.778. The van der Waals surface area contributed by atoms with Crippen LogP contribution in [0, 0.1) is 0 Å².